The van der Waals surface area contributed by atoms with Gasteiger partial charge >= 0.3 is 0 Å². The van der Waals surface area contributed by atoms with Crippen LogP contribution in [-0.4, -0.2) is 55.0 Å². The molecule has 0 aliphatic carbocycles. The number of nitrogens with zero attached hydrogens (tertiary/aromatic N) is 2. The van der Waals surface area contributed by atoms with E-state index in [-0.39, 0.29) is 5.78 Å². The number of carbonyl (C=O) groups excluding carboxylic acids is 1. The molecule has 0 saturated carbocycles. The van der Waals surface area contributed by atoms with Gasteiger partial charge in [0.1, 0.15) is 5.75 Å². The summed E-state index contributed by atoms with van der Waals surface area (Å²) in [6, 6.07) is 14.7. The fraction of sp³-hybridized carbons (Fsp3) is 0.348. The van der Waals surface area contributed by atoms with E-state index < -0.39 is 0 Å². The molecule has 0 spiro atoms. The summed E-state index contributed by atoms with van der Waals surface area (Å²) in [5.41, 5.74) is 4.19. The van der Waals surface area contributed by atoms with E-state index in [1.807, 2.05) is 24.4 Å². The summed E-state index contributed by atoms with van der Waals surface area (Å²) in [5, 5.41) is 1.02. The number of benzene rings is 2. The van der Waals surface area contributed by atoms with Gasteiger partial charge in [-0.05, 0) is 50.2 Å². The highest BCUT2D eigenvalue weighted by Gasteiger charge is 2.26. The predicted octanol–water partition coefficient (Wildman–Crippen LogP) is 3.88. The first-order valence-corrected chi connectivity index (χ1v) is 9.79. The Morgan fingerprint density at radius 2 is 1.96 bits per heavy atom. The lowest BCUT2D eigenvalue weighted by Gasteiger charge is -2.41. The second-order valence-corrected chi connectivity index (χ2v) is 7.65. The van der Waals surface area contributed by atoms with Crippen LogP contribution in [0.3, 0.4) is 0 Å². The van der Waals surface area contributed by atoms with E-state index >= 15 is 0 Å². The van der Waals surface area contributed by atoms with Crippen molar-refractivity contribution in [2.75, 3.05) is 38.2 Å². The second kappa shape index (κ2) is 7.68. The van der Waals surface area contributed by atoms with Crippen LogP contribution in [0.25, 0.3) is 10.9 Å². The molecule has 0 radical (unpaired) electrons. The lowest BCUT2D eigenvalue weighted by atomic mass is 10.1. The van der Waals surface area contributed by atoms with Gasteiger partial charge in [0.25, 0.3) is 0 Å². The summed E-state index contributed by atoms with van der Waals surface area (Å²) in [7, 11) is 1.68. The molecule has 28 heavy (non-hydrogen) atoms. The van der Waals surface area contributed by atoms with Gasteiger partial charge in [-0.15, -0.1) is 0 Å². The van der Waals surface area contributed by atoms with E-state index in [0.717, 1.165) is 41.9 Å². The quantitative estimate of drug-likeness (QED) is 0.686. The molecule has 3 aromatic rings. The number of hydrogen-bond acceptors (Lipinski definition) is 4. The molecule has 5 heteroatoms. The van der Waals surface area contributed by atoms with Crippen molar-refractivity contribution in [2.24, 2.45) is 0 Å². The Labute approximate surface area is 165 Å². The molecular formula is C23H27N3O2. The zero-order valence-corrected chi connectivity index (χ0v) is 16.7. The van der Waals surface area contributed by atoms with Crippen molar-refractivity contribution in [3.8, 4) is 5.75 Å². The molecular weight excluding hydrogens is 350 g/mol. The topological polar surface area (TPSA) is 48.6 Å². The Morgan fingerprint density at radius 3 is 2.68 bits per heavy atom. The predicted molar refractivity (Wildman–Crippen MR) is 114 cm³/mol. The number of aryl methyl sites for hydroxylation is 1. The first-order valence-electron chi connectivity index (χ1n) is 9.79. The van der Waals surface area contributed by atoms with Gasteiger partial charge in [0.2, 0.25) is 0 Å². The van der Waals surface area contributed by atoms with Crippen molar-refractivity contribution in [2.45, 2.75) is 19.9 Å². The average Bonchev–Trinajstić information content (AvgIpc) is 3.11. The van der Waals surface area contributed by atoms with Crippen LogP contribution in [0, 0.1) is 6.92 Å². The number of Topliss-reactive ketones (excluding diaryl/α,β-unsaturated/α-hetero) is 1. The van der Waals surface area contributed by atoms with Crippen LogP contribution < -0.4 is 9.64 Å². The molecule has 0 unspecified atom stereocenters. The molecule has 146 valence electrons. The summed E-state index contributed by atoms with van der Waals surface area (Å²) in [6.07, 6.45) is 1.85. The summed E-state index contributed by atoms with van der Waals surface area (Å²) < 4.78 is 5.25. The summed E-state index contributed by atoms with van der Waals surface area (Å²) in [6.45, 7) is 7.40. The van der Waals surface area contributed by atoms with Crippen molar-refractivity contribution in [3.05, 3.63) is 59.8 Å². The van der Waals surface area contributed by atoms with Crippen LogP contribution in [0.15, 0.2) is 48.7 Å². The smallest absolute Gasteiger partial charge is 0.178 e. The molecule has 1 aromatic heterocycles. The minimum absolute atomic E-state index is 0.182. The number of fused-ring (bicyclic) bond motifs is 1. The van der Waals surface area contributed by atoms with E-state index in [4.69, 9.17) is 4.74 Å². The Morgan fingerprint density at radius 1 is 1.18 bits per heavy atom. The van der Waals surface area contributed by atoms with Crippen LogP contribution in [-0.2, 0) is 0 Å². The summed E-state index contributed by atoms with van der Waals surface area (Å²) >= 11 is 0. The standard InChI is InChI=1S/C23H27N3O2/c1-16-4-9-22-20(12-16)21(13-24-22)23(27)15-25-10-11-26(17(2)14-25)18-5-7-19(28-3)8-6-18/h4-9,12-13,17,24H,10-11,14-15H2,1-3H3/t17-/m0/s1. The van der Waals surface area contributed by atoms with Gasteiger partial charge in [-0.1, -0.05) is 11.6 Å². The maximum Gasteiger partial charge on any atom is 0.178 e. The number of methoxy groups -OCH3 is 1. The number of ether oxygens (including phenoxy) is 1. The monoisotopic (exact) mass is 377 g/mol. The number of carbonyl (C=O) groups is 1. The number of nitrogens with one attached hydrogen (secondary N) is 1. The van der Waals surface area contributed by atoms with Gasteiger partial charge in [0, 0.05) is 54.0 Å². The molecule has 0 bridgehead atoms. The highest BCUT2D eigenvalue weighted by Crippen LogP contribution is 2.24. The number of ketones is 1. The van der Waals surface area contributed by atoms with Crippen molar-refractivity contribution in [1.82, 2.24) is 9.88 Å². The third kappa shape index (κ3) is 3.62. The number of anilines is 1. The number of H-pyrrole nitrogens is 1. The molecule has 5 nitrogen and oxygen atoms in total. The van der Waals surface area contributed by atoms with Crippen LogP contribution in [0.5, 0.6) is 5.75 Å². The largest absolute Gasteiger partial charge is 0.497 e. The number of rotatable bonds is 5. The lowest BCUT2D eigenvalue weighted by molar-refractivity contribution is 0.0919. The van der Waals surface area contributed by atoms with Crippen molar-refractivity contribution in [1.29, 1.82) is 0 Å². The van der Waals surface area contributed by atoms with Crippen LogP contribution >= 0.6 is 0 Å². The number of aromatic nitrogens is 1. The minimum Gasteiger partial charge on any atom is -0.497 e. The molecule has 2 aromatic carbocycles. The first kappa shape index (κ1) is 18.6. The van der Waals surface area contributed by atoms with E-state index in [1.54, 1.807) is 7.11 Å². The van der Waals surface area contributed by atoms with Crippen molar-refractivity contribution < 1.29 is 9.53 Å². The van der Waals surface area contributed by atoms with Gasteiger partial charge in [-0.25, -0.2) is 0 Å². The maximum atomic E-state index is 12.9. The van der Waals surface area contributed by atoms with Crippen LogP contribution in [0.1, 0.15) is 22.8 Å². The minimum atomic E-state index is 0.182. The number of aromatic amines is 1. The fourth-order valence-corrected chi connectivity index (χ4v) is 4.09. The van der Waals surface area contributed by atoms with E-state index in [1.165, 1.54) is 11.3 Å². The lowest BCUT2D eigenvalue weighted by Crippen LogP contribution is -2.53. The van der Waals surface area contributed by atoms with Crippen molar-refractivity contribution >= 4 is 22.4 Å². The SMILES string of the molecule is COc1ccc(N2CCN(CC(=O)c3c[nH]c4ccc(C)cc34)C[C@@H]2C)cc1. The third-order valence-corrected chi connectivity index (χ3v) is 5.62. The highest BCUT2D eigenvalue weighted by molar-refractivity contribution is 6.08. The fourth-order valence-electron chi connectivity index (χ4n) is 4.09. The van der Waals surface area contributed by atoms with Gasteiger partial charge < -0.3 is 14.6 Å². The summed E-state index contributed by atoms with van der Waals surface area (Å²) in [4.78, 5) is 20.8. The summed E-state index contributed by atoms with van der Waals surface area (Å²) in [5.74, 6) is 1.05. The van der Waals surface area contributed by atoms with Gasteiger partial charge in [-0.3, -0.25) is 9.69 Å². The number of hydrogen-bond donors (Lipinski definition) is 1. The Hall–Kier alpha value is -2.79. The third-order valence-electron chi connectivity index (χ3n) is 5.62. The number of piperazine rings is 1. The van der Waals surface area contributed by atoms with E-state index in [2.05, 4.69) is 52.9 Å². The zero-order valence-electron chi connectivity index (χ0n) is 16.7. The first-order chi connectivity index (χ1) is 13.5. The zero-order chi connectivity index (χ0) is 19.7. The molecule has 1 aliphatic heterocycles. The van der Waals surface area contributed by atoms with Gasteiger partial charge in [-0.2, -0.15) is 0 Å². The highest BCUT2D eigenvalue weighted by atomic mass is 16.5. The average molecular weight is 377 g/mol. The van der Waals surface area contributed by atoms with Crippen LogP contribution in [0.4, 0.5) is 5.69 Å². The molecule has 1 aliphatic rings. The molecule has 1 saturated heterocycles. The van der Waals surface area contributed by atoms with Gasteiger partial charge in [0.15, 0.2) is 5.78 Å². The van der Waals surface area contributed by atoms with Gasteiger partial charge in [0.05, 0.1) is 13.7 Å². The normalized spacial score (nSPS) is 17.8. The van der Waals surface area contributed by atoms with Crippen molar-refractivity contribution in [3.63, 3.8) is 0 Å². The molecule has 2 heterocycles. The maximum absolute atomic E-state index is 12.9. The molecule has 0 amide bonds. The Kier molecular flexibility index (Phi) is 5.09. The van der Waals surface area contributed by atoms with E-state index in [0.29, 0.717) is 12.6 Å². The Bertz CT molecular complexity index is 977. The molecule has 1 N–H and O–H groups in total. The second-order valence-electron chi connectivity index (χ2n) is 7.65. The molecule has 1 atom stereocenters. The molecule has 4 rings (SSSR count). The Balaban J connectivity index is 1.42. The van der Waals surface area contributed by atoms with E-state index in [9.17, 15) is 4.79 Å². The molecule has 1 fully saturated rings. The van der Waals surface area contributed by atoms with Crippen LogP contribution in [0.2, 0.25) is 0 Å².